The molecule has 1 fully saturated rings. The lowest BCUT2D eigenvalue weighted by Crippen LogP contribution is -2.38. The van der Waals surface area contributed by atoms with E-state index in [9.17, 15) is 0 Å². The van der Waals surface area contributed by atoms with E-state index in [0.717, 1.165) is 36.7 Å². The zero-order valence-electron chi connectivity index (χ0n) is 13.2. The first-order chi connectivity index (χ1) is 10.2. The van der Waals surface area contributed by atoms with E-state index in [4.69, 9.17) is 0 Å². The van der Waals surface area contributed by atoms with Gasteiger partial charge in [0, 0.05) is 31.5 Å². The second-order valence-electron chi connectivity index (χ2n) is 6.10. The van der Waals surface area contributed by atoms with E-state index in [1.165, 1.54) is 12.8 Å². The fraction of sp³-hybridized carbons (Fsp3) is 0.625. The van der Waals surface area contributed by atoms with E-state index in [1.807, 2.05) is 16.9 Å². The van der Waals surface area contributed by atoms with Crippen molar-refractivity contribution in [2.45, 2.75) is 45.6 Å². The van der Waals surface area contributed by atoms with Gasteiger partial charge in [0.25, 0.3) is 0 Å². The minimum Gasteiger partial charge on any atom is -0.351 e. The van der Waals surface area contributed by atoms with E-state index in [1.54, 1.807) is 0 Å². The third-order valence-corrected chi connectivity index (χ3v) is 4.26. The summed E-state index contributed by atoms with van der Waals surface area (Å²) in [6.45, 7) is 9.66. The number of anilines is 1. The lowest BCUT2D eigenvalue weighted by molar-refractivity contribution is 0.585. The molecule has 1 unspecified atom stereocenters. The van der Waals surface area contributed by atoms with Crippen molar-refractivity contribution in [1.29, 1.82) is 0 Å². The molecule has 0 bridgehead atoms. The molecular formula is C16H25N5. The Bertz CT molecular complexity index is 604. The van der Waals surface area contributed by atoms with Crippen molar-refractivity contribution in [3.63, 3.8) is 0 Å². The van der Waals surface area contributed by atoms with E-state index in [-0.39, 0.29) is 0 Å². The number of hydrogen-bond donors (Lipinski definition) is 1. The second kappa shape index (κ2) is 6.02. The highest BCUT2D eigenvalue weighted by molar-refractivity contribution is 5.70. The molecule has 1 saturated heterocycles. The maximum atomic E-state index is 4.67. The van der Waals surface area contributed by atoms with Gasteiger partial charge in [-0.1, -0.05) is 20.8 Å². The van der Waals surface area contributed by atoms with Crippen molar-refractivity contribution < 1.29 is 0 Å². The number of fused-ring (bicyclic) bond motifs is 1. The maximum Gasteiger partial charge on any atom is 0.154 e. The standard InChI is InChI=1S/C16H25N5/c1-4-17-11-13-6-5-8-20(13)16-15-10-14(12(2)3)19-21(15)9-7-18-16/h7,9-10,12-13,17H,4-6,8,11H2,1-3H3. The minimum atomic E-state index is 0.439. The molecule has 1 atom stereocenters. The van der Waals surface area contributed by atoms with Crippen LogP contribution < -0.4 is 10.2 Å². The van der Waals surface area contributed by atoms with Gasteiger partial charge < -0.3 is 10.2 Å². The van der Waals surface area contributed by atoms with Crippen LogP contribution in [0.3, 0.4) is 0 Å². The molecule has 5 nitrogen and oxygen atoms in total. The van der Waals surface area contributed by atoms with Gasteiger partial charge in [-0.05, 0) is 31.4 Å². The lowest BCUT2D eigenvalue weighted by Gasteiger charge is -2.26. The molecule has 3 heterocycles. The van der Waals surface area contributed by atoms with Gasteiger partial charge in [0.15, 0.2) is 5.82 Å². The quantitative estimate of drug-likeness (QED) is 0.917. The predicted molar refractivity (Wildman–Crippen MR) is 86.0 cm³/mol. The Morgan fingerprint density at radius 1 is 1.43 bits per heavy atom. The lowest BCUT2D eigenvalue weighted by atomic mass is 10.1. The Labute approximate surface area is 126 Å². The second-order valence-corrected chi connectivity index (χ2v) is 6.10. The molecule has 0 amide bonds. The van der Waals surface area contributed by atoms with Crippen LogP contribution in [0.1, 0.15) is 45.2 Å². The highest BCUT2D eigenvalue weighted by atomic mass is 15.3. The first-order valence-electron chi connectivity index (χ1n) is 8.02. The number of nitrogens with one attached hydrogen (secondary N) is 1. The summed E-state index contributed by atoms with van der Waals surface area (Å²) in [4.78, 5) is 7.11. The van der Waals surface area contributed by atoms with Gasteiger partial charge in [0.1, 0.15) is 5.52 Å². The van der Waals surface area contributed by atoms with Crippen molar-refractivity contribution in [2.75, 3.05) is 24.5 Å². The molecule has 2 aromatic rings. The molecule has 1 aliphatic heterocycles. The van der Waals surface area contributed by atoms with Gasteiger partial charge in [0.2, 0.25) is 0 Å². The monoisotopic (exact) mass is 287 g/mol. The Morgan fingerprint density at radius 3 is 3.05 bits per heavy atom. The molecule has 21 heavy (non-hydrogen) atoms. The molecule has 0 spiro atoms. The van der Waals surface area contributed by atoms with Crippen molar-refractivity contribution in [3.05, 3.63) is 24.2 Å². The van der Waals surface area contributed by atoms with Crippen LogP contribution in [0, 0.1) is 0 Å². The van der Waals surface area contributed by atoms with Crippen molar-refractivity contribution in [2.24, 2.45) is 0 Å². The molecule has 1 aliphatic rings. The minimum absolute atomic E-state index is 0.439. The van der Waals surface area contributed by atoms with Crippen LogP contribution in [0.15, 0.2) is 18.5 Å². The molecular weight excluding hydrogens is 262 g/mol. The van der Waals surface area contributed by atoms with Gasteiger partial charge in [0.05, 0.1) is 5.69 Å². The van der Waals surface area contributed by atoms with E-state index in [2.05, 4.69) is 47.1 Å². The topological polar surface area (TPSA) is 45.5 Å². The van der Waals surface area contributed by atoms with Gasteiger partial charge in [-0.15, -0.1) is 0 Å². The molecule has 0 aromatic carbocycles. The predicted octanol–water partition coefficient (Wildman–Crippen LogP) is 2.43. The molecule has 0 saturated carbocycles. The van der Waals surface area contributed by atoms with Crippen LogP contribution in [0.2, 0.25) is 0 Å². The smallest absolute Gasteiger partial charge is 0.154 e. The van der Waals surface area contributed by atoms with Crippen LogP contribution >= 0.6 is 0 Å². The van der Waals surface area contributed by atoms with Crippen molar-refractivity contribution >= 4 is 11.3 Å². The van der Waals surface area contributed by atoms with E-state index < -0.39 is 0 Å². The third-order valence-electron chi connectivity index (χ3n) is 4.26. The number of rotatable bonds is 5. The van der Waals surface area contributed by atoms with Gasteiger partial charge >= 0.3 is 0 Å². The van der Waals surface area contributed by atoms with Crippen LogP contribution in [0.25, 0.3) is 5.52 Å². The number of likely N-dealkylation sites (N-methyl/N-ethyl adjacent to an activating group) is 1. The van der Waals surface area contributed by atoms with Crippen LogP contribution in [0.5, 0.6) is 0 Å². The molecule has 5 heteroatoms. The summed E-state index contributed by atoms with van der Waals surface area (Å²) in [5.41, 5.74) is 2.26. The Balaban J connectivity index is 1.95. The van der Waals surface area contributed by atoms with Crippen molar-refractivity contribution in [1.82, 2.24) is 19.9 Å². The summed E-state index contributed by atoms with van der Waals surface area (Å²) >= 11 is 0. The average molecular weight is 287 g/mol. The van der Waals surface area contributed by atoms with Crippen LogP contribution in [-0.4, -0.2) is 40.3 Å². The number of hydrogen-bond acceptors (Lipinski definition) is 4. The zero-order chi connectivity index (χ0) is 14.8. The fourth-order valence-corrected chi connectivity index (χ4v) is 3.07. The molecule has 2 aromatic heterocycles. The summed E-state index contributed by atoms with van der Waals surface area (Å²) in [5, 5.41) is 8.14. The van der Waals surface area contributed by atoms with Crippen LogP contribution in [-0.2, 0) is 0 Å². The fourth-order valence-electron chi connectivity index (χ4n) is 3.07. The Morgan fingerprint density at radius 2 is 2.29 bits per heavy atom. The number of aromatic nitrogens is 3. The average Bonchev–Trinajstić information content (AvgIpc) is 3.10. The molecule has 1 N–H and O–H groups in total. The highest BCUT2D eigenvalue weighted by Gasteiger charge is 2.27. The summed E-state index contributed by atoms with van der Waals surface area (Å²) in [6.07, 6.45) is 6.28. The first-order valence-corrected chi connectivity index (χ1v) is 8.02. The van der Waals surface area contributed by atoms with Gasteiger partial charge in [-0.2, -0.15) is 5.10 Å². The van der Waals surface area contributed by atoms with Crippen molar-refractivity contribution in [3.8, 4) is 0 Å². The van der Waals surface area contributed by atoms with E-state index in [0.29, 0.717) is 12.0 Å². The third kappa shape index (κ3) is 2.75. The molecule has 0 radical (unpaired) electrons. The largest absolute Gasteiger partial charge is 0.351 e. The summed E-state index contributed by atoms with van der Waals surface area (Å²) in [5.74, 6) is 1.52. The summed E-state index contributed by atoms with van der Waals surface area (Å²) in [6, 6.07) is 2.73. The van der Waals surface area contributed by atoms with Gasteiger partial charge in [-0.25, -0.2) is 9.50 Å². The summed E-state index contributed by atoms with van der Waals surface area (Å²) < 4.78 is 1.97. The molecule has 0 aliphatic carbocycles. The zero-order valence-corrected chi connectivity index (χ0v) is 13.2. The normalized spacial score (nSPS) is 19.0. The first kappa shape index (κ1) is 14.3. The Hall–Kier alpha value is -1.62. The molecule has 114 valence electrons. The maximum absolute atomic E-state index is 4.67. The summed E-state index contributed by atoms with van der Waals surface area (Å²) in [7, 11) is 0. The van der Waals surface area contributed by atoms with Crippen LogP contribution in [0.4, 0.5) is 5.82 Å². The number of nitrogens with zero attached hydrogens (tertiary/aromatic N) is 4. The Kier molecular flexibility index (Phi) is 4.10. The molecule has 3 rings (SSSR count). The highest BCUT2D eigenvalue weighted by Crippen LogP contribution is 2.28. The SMILES string of the molecule is CCNCC1CCCN1c1nccn2nc(C(C)C)cc12. The van der Waals surface area contributed by atoms with Gasteiger partial charge in [-0.3, -0.25) is 0 Å². The van der Waals surface area contributed by atoms with E-state index >= 15 is 0 Å².